The summed E-state index contributed by atoms with van der Waals surface area (Å²) in [6.45, 7) is 2.57. The minimum atomic E-state index is -0.777. The topological polar surface area (TPSA) is 52.3 Å². The molecule has 0 amide bonds. The maximum atomic E-state index is 11.8. The van der Waals surface area contributed by atoms with E-state index in [1.54, 1.807) is 7.11 Å². The molecule has 0 saturated carbocycles. The van der Waals surface area contributed by atoms with E-state index in [-0.39, 0.29) is 0 Å². The average molecular weight is 255 g/mol. The summed E-state index contributed by atoms with van der Waals surface area (Å²) in [5.41, 5.74) is 7.63. The smallest absolute Gasteiger partial charge is 0.123 e. The van der Waals surface area contributed by atoms with Gasteiger partial charge in [0.25, 0.3) is 0 Å². The van der Waals surface area contributed by atoms with E-state index >= 15 is 0 Å². The van der Waals surface area contributed by atoms with Crippen molar-refractivity contribution in [1.82, 2.24) is 0 Å². The lowest BCUT2D eigenvalue weighted by Crippen LogP contribution is -2.03. The highest BCUT2D eigenvalue weighted by Crippen LogP contribution is 2.20. The summed E-state index contributed by atoms with van der Waals surface area (Å²) in [5.74, 6) is 2.16. The largest absolute Gasteiger partial charge is 0.496 e. The van der Waals surface area contributed by atoms with Crippen molar-refractivity contribution in [2.24, 2.45) is 5.73 Å². The molecule has 1 atom stereocenters. The molecule has 0 aliphatic carbocycles. The number of nitrogens with two attached hydrogens (primary N) is 1. The standard InChI is InChI=1S/C13H21NO2S/c1-3-4-7-17(15)10-11-5-6-12(9-14)13(8-11)16-2/h5-6,8H,3-4,7,9-10,14H2,1-2H3. The van der Waals surface area contributed by atoms with Gasteiger partial charge in [0.1, 0.15) is 5.75 Å². The third-order valence-electron chi connectivity index (χ3n) is 2.62. The van der Waals surface area contributed by atoms with Crippen molar-refractivity contribution in [2.45, 2.75) is 32.1 Å². The molecule has 1 aromatic carbocycles. The molecule has 96 valence electrons. The van der Waals surface area contributed by atoms with Gasteiger partial charge in [-0.25, -0.2) is 0 Å². The van der Waals surface area contributed by atoms with Crippen LogP contribution in [0.3, 0.4) is 0 Å². The van der Waals surface area contributed by atoms with E-state index in [0.717, 1.165) is 35.5 Å². The van der Waals surface area contributed by atoms with Crippen LogP contribution < -0.4 is 10.5 Å². The van der Waals surface area contributed by atoms with E-state index in [0.29, 0.717) is 12.3 Å². The van der Waals surface area contributed by atoms with Gasteiger partial charge in [-0.05, 0) is 18.1 Å². The molecule has 4 heteroatoms. The van der Waals surface area contributed by atoms with Crippen LogP contribution in [-0.4, -0.2) is 17.1 Å². The Balaban J connectivity index is 2.68. The Labute approximate surface area is 106 Å². The summed E-state index contributed by atoms with van der Waals surface area (Å²) in [6, 6.07) is 5.87. The third-order valence-corrected chi connectivity index (χ3v) is 4.02. The molecule has 0 radical (unpaired) electrons. The van der Waals surface area contributed by atoms with Gasteiger partial charge in [0.15, 0.2) is 0 Å². The van der Waals surface area contributed by atoms with E-state index in [9.17, 15) is 4.21 Å². The molecule has 0 saturated heterocycles. The lowest BCUT2D eigenvalue weighted by atomic mass is 10.1. The monoisotopic (exact) mass is 255 g/mol. The zero-order valence-corrected chi connectivity index (χ0v) is 11.4. The Hall–Kier alpha value is -0.870. The van der Waals surface area contributed by atoms with Gasteiger partial charge in [0.2, 0.25) is 0 Å². The van der Waals surface area contributed by atoms with E-state index in [1.165, 1.54) is 0 Å². The van der Waals surface area contributed by atoms with Gasteiger partial charge in [-0.2, -0.15) is 0 Å². The Morgan fingerprint density at radius 3 is 2.76 bits per heavy atom. The normalized spacial score (nSPS) is 12.4. The van der Waals surface area contributed by atoms with Crippen molar-refractivity contribution < 1.29 is 8.95 Å². The van der Waals surface area contributed by atoms with Crippen LogP contribution in [0.4, 0.5) is 0 Å². The average Bonchev–Trinajstić information content (AvgIpc) is 2.36. The van der Waals surface area contributed by atoms with Crippen molar-refractivity contribution in [2.75, 3.05) is 12.9 Å². The van der Waals surface area contributed by atoms with Gasteiger partial charge >= 0.3 is 0 Å². The first-order chi connectivity index (χ1) is 8.21. The van der Waals surface area contributed by atoms with Crippen LogP contribution in [0.15, 0.2) is 18.2 Å². The molecule has 0 aliphatic heterocycles. The van der Waals surface area contributed by atoms with Crippen LogP contribution in [0.25, 0.3) is 0 Å². The van der Waals surface area contributed by atoms with Crippen LogP contribution in [0.1, 0.15) is 30.9 Å². The van der Waals surface area contributed by atoms with Crippen molar-refractivity contribution in [3.8, 4) is 5.75 Å². The fourth-order valence-corrected chi connectivity index (χ4v) is 2.92. The number of unbranched alkanes of at least 4 members (excludes halogenated alkanes) is 1. The van der Waals surface area contributed by atoms with Crippen LogP contribution in [0.5, 0.6) is 5.75 Å². The van der Waals surface area contributed by atoms with Crippen molar-refractivity contribution >= 4 is 10.8 Å². The molecule has 1 unspecified atom stereocenters. The lowest BCUT2D eigenvalue weighted by molar-refractivity contribution is 0.409. The molecule has 2 N–H and O–H groups in total. The first kappa shape index (κ1) is 14.2. The zero-order valence-electron chi connectivity index (χ0n) is 10.6. The fraction of sp³-hybridized carbons (Fsp3) is 0.538. The van der Waals surface area contributed by atoms with E-state index < -0.39 is 10.8 Å². The molecular formula is C13H21NO2S. The molecule has 0 heterocycles. The van der Waals surface area contributed by atoms with Gasteiger partial charge in [-0.1, -0.05) is 25.5 Å². The summed E-state index contributed by atoms with van der Waals surface area (Å²) in [6.07, 6.45) is 2.10. The van der Waals surface area contributed by atoms with Gasteiger partial charge in [-0.15, -0.1) is 0 Å². The van der Waals surface area contributed by atoms with Gasteiger partial charge in [-0.3, -0.25) is 4.21 Å². The number of methoxy groups -OCH3 is 1. The maximum absolute atomic E-state index is 11.8. The fourth-order valence-electron chi connectivity index (χ4n) is 1.61. The highest BCUT2D eigenvalue weighted by molar-refractivity contribution is 7.84. The molecule has 0 bridgehead atoms. The second-order valence-electron chi connectivity index (χ2n) is 3.99. The van der Waals surface area contributed by atoms with Gasteiger partial charge < -0.3 is 10.5 Å². The number of hydrogen-bond donors (Lipinski definition) is 1. The van der Waals surface area contributed by atoms with Crippen molar-refractivity contribution in [3.63, 3.8) is 0 Å². The Bertz CT molecular complexity index is 380. The number of hydrogen-bond acceptors (Lipinski definition) is 3. The van der Waals surface area contributed by atoms with Crippen LogP contribution in [0.2, 0.25) is 0 Å². The summed E-state index contributed by atoms with van der Waals surface area (Å²) in [4.78, 5) is 0. The number of rotatable bonds is 7. The first-order valence-corrected chi connectivity index (χ1v) is 7.40. The molecule has 3 nitrogen and oxygen atoms in total. The SMILES string of the molecule is CCCCS(=O)Cc1ccc(CN)c(OC)c1. The molecule has 1 rings (SSSR count). The summed E-state index contributed by atoms with van der Waals surface area (Å²) in [7, 11) is 0.855. The number of benzene rings is 1. The minimum absolute atomic E-state index is 0.461. The lowest BCUT2D eigenvalue weighted by Gasteiger charge is -2.09. The van der Waals surface area contributed by atoms with E-state index in [1.807, 2.05) is 18.2 Å². The summed E-state index contributed by atoms with van der Waals surface area (Å²) < 4.78 is 17.0. The second-order valence-corrected chi connectivity index (χ2v) is 5.57. The second kappa shape index (κ2) is 7.45. The molecule has 0 aliphatic rings. The molecule has 0 aromatic heterocycles. The van der Waals surface area contributed by atoms with Gasteiger partial charge in [0.05, 0.1) is 7.11 Å². The molecular weight excluding hydrogens is 234 g/mol. The van der Waals surface area contributed by atoms with Crippen LogP contribution in [0, 0.1) is 0 Å². The molecule has 17 heavy (non-hydrogen) atoms. The van der Waals surface area contributed by atoms with Crippen LogP contribution >= 0.6 is 0 Å². The molecule has 0 spiro atoms. The van der Waals surface area contributed by atoms with Crippen molar-refractivity contribution in [1.29, 1.82) is 0 Å². The predicted molar refractivity (Wildman–Crippen MR) is 72.5 cm³/mol. The third kappa shape index (κ3) is 4.48. The quantitative estimate of drug-likeness (QED) is 0.812. The van der Waals surface area contributed by atoms with Crippen LogP contribution in [-0.2, 0) is 23.1 Å². The maximum Gasteiger partial charge on any atom is 0.123 e. The zero-order chi connectivity index (χ0) is 12.7. The van der Waals surface area contributed by atoms with Crippen molar-refractivity contribution in [3.05, 3.63) is 29.3 Å². The summed E-state index contributed by atoms with van der Waals surface area (Å²) >= 11 is 0. The molecule has 0 fully saturated rings. The highest BCUT2D eigenvalue weighted by Gasteiger charge is 2.06. The summed E-state index contributed by atoms with van der Waals surface area (Å²) in [5, 5.41) is 0. The Kier molecular flexibility index (Phi) is 6.22. The Morgan fingerprint density at radius 2 is 2.18 bits per heavy atom. The van der Waals surface area contributed by atoms with E-state index in [2.05, 4.69) is 6.92 Å². The molecule has 1 aromatic rings. The highest BCUT2D eigenvalue weighted by atomic mass is 32.2. The van der Waals surface area contributed by atoms with E-state index in [4.69, 9.17) is 10.5 Å². The van der Waals surface area contributed by atoms with Gasteiger partial charge in [0, 0.05) is 34.4 Å². The first-order valence-electron chi connectivity index (χ1n) is 5.92. The predicted octanol–water partition coefficient (Wildman–Crippen LogP) is 2.20. The number of ether oxygens (including phenoxy) is 1. The Morgan fingerprint density at radius 1 is 1.41 bits per heavy atom. The minimum Gasteiger partial charge on any atom is -0.496 e.